The van der Waals surface area contributed by atoms with Crippen LogP contribution < -0.4 is 5.32 Å². The molecule has 1 unspecified atom stereocenters. The molecule has 1 N–H and O–H groups in total. The van der Waals surface area contributed by atoms with Gasteiger partial charge in [-0.05, 0) is 23.6 Å². The van der Waals surface area contributed by atoms with Crippen LogP contribution in [0.4, 0.5) is 0 Å². The molecule has 0 aliphatic carbocycles. The van der Waals surface area contributed by atoms with Crippen molar-refractivity contribution in [1.29, 1.82) is 0 Å². The third-order valence-electron chi connectivity index (χ3n) is 2.29. The van der Waals surface area contributed by atoms with E-state index < -0.39 is 0 Å². The van der Waals surface area contributed by atoms with Crippen molar-refractivity contribution in [2.24, 2.45) is 5.92 Å². The summed E-state index contributed by atoms with van der Waals surface area (Å²) in [5.41, 5.74) is 1.41. The van der Waals surface area contributed by atoms with Gasteiger partial charge in [0.05, 0.1) is 0 Å². The van der Waals surface area contributed by atoms with Gasteiger partial charge in [0.2, 0.25) is 0 Å². The monoisotopic (exact) mass is 192 g/mol. The van der Waals surface area contributed by atoms with Gasteiger partial charge in [-0.25, -0.2) is 0 Å². The van der Waals surface area contributed by atoms with Gasteiger partial charge in [0, 0.05) is 18.6 Å². The molecule has 2 aliphatic heterocycles. The van der Waals surface area contributed by atoms with Gasteiger partial charge in [-0.3, -0.25) is 0 Å². The standard InChI is InChI=1S/C10H14N2.C2H6/c1-8(2)9-3-5-12-6-4-11-10(12)7-9;1-2/h3-8,10-11H,1-2H3;1-2H3. The molecule has 2 nitrogen and oxygen atoms in total. The van der Waals surface area contributed by atoms with Crippen LogP contribution in [0.25, 0.3) is 0 Å². The topological polar surface area (TPSA) is 15.3 Å². The molecule has 1 atom stereocenters. The van der Waals surface area contributed by atoms with Crippen molar-refractivity contribution < 1.29 is 0 Å². The smallest absolute Gasteiger partial charge is 0.122 e. The van der Waals surface area contributed by atoms with Crippen molar-refractivity contribution in [3.8, 4) is 0 Å². The van der Waals surface area contributed by atoms with E-state index in [1.54, 1.807) is 0 Å². The normalized spacial score (nSPS) is 22.5. The highest BCUT2D eigenvalue weighted by Gasteiger charge is 2.18. The number of hydrogen-bond donors (Lipinski definition) is 1. The van der Waals surface area contributed by atoms with Crippen LogP contribution in [-0.4, -0.2) is 11.1 Å². The van der Waals surface area contributed by atoms with E-state index in [4.69, 9.17) is 0 Å². The third-order valence-corrected chi connectivity index (χ3v) is 2.29. The largest absolute Gasteiger partial charge is 0.366 e. The van der Waals surface area contributed by atoms with Crippen LogP contribution in [0.3, 0.4) is 0 Å². The van der Waals surface area contributed by atoms with Gasteiger partial charge in [-0.2, -0.15) is 0 Å². The van der Waals surface area contributed by atoms with Gasteiger partial charge in [-0.1, -0.05) is 27.7 Å². The van der Waals surface area contributed by atoms with Crippen molar-refractivity contribution in [3.63, 3.8) is 0 Å². The lowest BCUT2D eigenvalue weighted by molar-refractivity contribution is 0.419. The molecule has 0 saturated heterocycles. The highest BCUT2D eigenvalue weighted by atomic mass is 15.3. The molecule has 2 heteroatoms. The Morgan fingerprint density at radius 1 is 1.29 bits per heavy atom. The van der Waals surface area contributed by atoms with Crippen LogP contribution >= 0.6 is 0 Å². The summed E-state index contributed by atoms with van der Waals surface area (Å²) < 4.78 is 0. The van der Waals surface area contributed by atoms with E-state index in [0.29, 0.717) is 12.1 Å². The lowest BCUT2D eigenvalue weighted by Gasteiger charge is -2.24. The number of allylic oxidation sites excluding steroid dienone is 2. The number of nitrogens with zero attached hydrogens (tertiary/aromatic N) is 1. The van der Waals surface area contributed by atoms with Crippen LogP contribution in [0.2, 0.25) is 0 Å². The summed E-state index contributed by atoms with van der Waals surface area (Å²) in [5, 5.41) is 3.26. The Bertz CT molecular complexity index is 261. The van der Waals surface area contributed by atoms with Crippen molar-refractivity contribution in [1.82, 2.24) is 10.2 Å². The van der Waals surface area contributed by atoms with E-state index in [9.17, 15) is 0 Å². The van der Waals surface area contributed by atoms with E-state index in [0.717, 1.165) is 0 Å². The van der Waals surface area contributed by atoms with Gasteiger partial charge in [-0.15, -0.1) is 0 Å². The molecule has 2 aliphatic rings. The van der Waals surface area contributed by atoms with Crippen LogP contribution in [0.5, 0.6) is 0 Å². The summed E-state index contributed by atoms with van der Waals surface area (Å²) >= 11 is 0. The fourth-order valence-electron chi connectivity index (χ4n) is 1.48. The second-order valence-corrected chi connectivity index (χ2v) is 3.51. The average Bonchev–Trinajstić information content (AvgIpc) is 2.67. The summed E-state index contributed by atoms with van der Waals surface area (Å²) in [7, 11) is 0. The number of nitrogens with one attached hydrogen (secondary N) is 1. The maximum atomic E-state index is 3.26. The second-order valence-electron chi connectivity index (χ2n) is 3.51. The van der Waals surface area contributed by atoms with Gasteiger partial charge in [0.25, 0.3) is 0 Å². The molecule has 0 fully saturated rings. The van der Waals surface area contributed by atoms with Crippen LogP contribution in [-0.2, 0) is 0 Å². The SMILES string of the molecule is CC.CC(C)C1=CC2NC=CN2C=C1. The molecule has 14 heavy (non-hydrogen) atoms. The Kier molecular flexibility index (Phi) is 3.81. The summed E-state index contributed by atoms with van der Waals surface area (Å²) in [6, 6.07) is 0. The predicted octanol–water partition coefficient (Wildman–Crippen LogP) is 2.82. The zero-order valence-electron chi connectivity index (χ0n) is 9.49. The van der Waals surface area contributed by atoms with Gasteiger partial charge >= 0.3 is 0 Å². The average molecular weight is 192 g/mol. The molecule has 0 aromatic rings. The lowest BCUT2D eigenvalue weighted by atomic mass is 10.0. The minimum absolute atomic E-state index is 0.354. The van der Waals surface area contributed by atoms with Gasteiger partial charge in [0.15, 0.2) is 0 Å². The quantitative estimate of drug-likeness (QED) is 0.687. The Morgan fingerprint density at radius 3 is 2.64 bits per heavy atom. The number of fused-ring (bicyclic) bond motifs is 1. The Hall–Kier alpha value is -1.18. The van der Waals surface area contributed by atoms with Crippen molar-refractivity contribution in [2.45, 2.75) is 33.9 Å². The molecule has 0 saturated carbocycles. The first kappa shape index (κ1) is 10.9. The first-order valence-corrected chi connectivity index (χ1v) is 5.37. The lowest BCUT2D eigenvalue weighted by Crippen LogP contribution is -2.32. The maximum absolute atomic E-state index is 3.26. The zero-order valence-corrected chi connectivity index (χ0v) is 9.49. The first-order chi connectivity index (χ1) is 6.77. The van der Waals surface area contributed by atoms with E-state index in [-0.39, 0.29) is 0 Å². The fraction of sp³-hybridized carbons (Fsp3) is 0.500. The van der Waals surface area contributed by atoms with Gasteiger partial charge in [0.1, 0.15) is 6.17 Å². The molecule has 0 radical (unpaired) electrons. The number of rotatable bonds is 1. The molecule has 0 bridgehead atoms. The van der Waals surface area contributed by atoms with Crippen molar-refractivity contribution in [2.75, 3.05) is 0 Å². The molecule has 2 heterocycles. The van der Waals surface area contributed by atoms with Crippen molar-refractivity contribution in [3.05, 3.63) is 36.3 Å². The highest BCUT2D eigenvalue weighted by molar-refractivity contribution is 5.29. The minimum Gasteiger partial charge on any atom is -0.366 e. The highest BCUT2D eigenvalue weighted by Crippen LogP contribution is 2.20. The first-order valence-electron chi connectivity index (χ1n) is 5.37. The van der Waals surface area contributed by atoms with Gasteiger partial charge < -0.3 is 10.2 Å². The van der Waals surface area contributed by atoms with E-state index in [2.05, 4.69) is 48.6 Å². The molecular formula is C12H20N2. The molecule has 78 valence electrons. The summed E-state index contributed by atoms with van der Waals surface area (Å²) in [4.78, 5) is 2.16. The van der Waals surface area contributed by atoms with E-state index >= 15 is 0 Å². The fourth-order valence-corrected chi connectivity index (χ4v) is 1.48. The summed E-state index contributed by atoms with van der Waals surface area (Å²) in [6.07, 6.45) is 11.0. The third kappa shape index (κ3) is 2.19. The molecule has 0 amide bonds. The Morgan fingerprint density at radius 2 is 2.00 bits per heavy atom. The van der Waals surface area contributed by atoms with E-state index in [1.807, 2.05) is 20.0 Å². The van der Waals surface area contributed by atoms with Crippen LogP contribution in [0.1, 0.15) is 27.7 Å². The van der Waals surface area contributed by atoms with Crippen molar-refractivity contribution >= 4 is 0 Å². The molecule has 2 rings (SSSR count). The summed E-state index contributed by atoms with van der Waals surface area (Å²) in [6.45, 7) is 8.43. The summed E-state index contributed by atoms with van der Waals surface area (Å²) in [5.74, 6) is 0.616. The van der Waals surface area contributed by atoms with Crippen LogP contribution in [0, 0.1) is 5.92 Å². The minimum atomic E-state index is 0.354. The molecule has 0 aromatic heterocycles. The zero-order chi connectivity index (χ0) is 10.6. The maximum Gasteiger partial charge on any atom is 0.122 e. The molecular weight excluding hydrogens is 172 g/mol. The Labute approximate surface area is 87.0 Å². The van der Waals surface area contributed by atoms with Crippen LogP contribution in [0.15, 0.2) is 36.3 Å². The molecule has 0 aromatic carbocycles. The van der Waals surface area contributed by atoms with E-state index in [1.165, 1.54) is 5.57 Å². The predicted molar refractivity (Wildman–Crippen MR) is 61.3 cm³/mol. The number of hydrogen-bond acceptors (Lipinski definition) is 2. The second kappa shape index (κ2) is 4.89. The Balaban J connectivity index is 0.000000461. The molecule has 0 spiro atoms.